The molecule has 0 saturated carbocycles. The lowest BCUT2D eigenvalue weighted by atomic mass is 9.33. The lowest BCUT2D eigenvalue weighted by Crippen LogP contribution is -2.61. The van der Waals surface area contributed by atoms with E-state index in [1.165, 1.54) is 5.56 Å². The summed E-state index contributed by atoms with van der Waals surface area (Å²) in [6.07, 6.45) is 0. The Kier molecular flexibility index (Phi) is 9.04. The fourth-order valence-electron chi connectivity index (χ4n) is 13.4. The van der Waals surface area contributed by atoms with Crippen molar-refractivity contribution in [2.24, 2.45) is 0 Å². The van der Waals surface area contributed by atoms with Crippen LogP contribution in [-0.2, 0) is 10.8 Å². The number of benzene rings is 12. The summed E-state index contributed by atoms with van der Waals surface area (Å²) in [6.45, 7) is 12.3. The third-order valence-electron chi connectivity index (χ3n) is 17.6. The highest BCUT2D eigenvalue weighted by atomic mass is 15.2. The Balaban J connectivity index is 1.06. The van der Waals surface area contributed by atoms with Crippen molar-refractivity contribution in [3.63, 3.8) is 0 Å². The molecule has 0 spiro atoms. The van der Waals surface area contributed by atoms with Crippen molar-refractivity contribution in [1.29, 1.82) is 5.26 Å². The first-order chi connectivity index (χ1) is 47.8. The van der Waals surface area contributed by atoms with Gasteiger partial charge in [-0.1, -0.05) is 229 Å². The first kappa shape index (κ1) is 39.8. The number of anilines is 6. The molecule has 12 aromatic carbocycles. The fourth-order valence-corrected chi connectivity index (χ4v) is 13.4. The molecule has 0 aliphatic carbocycles. The number of aromatic nitrogens is 2. The molecular weight excluding hydrogens is 1050 g/mol. The zero-order chi connectivity index (χ0) is 70.2. The number of nitriles is 1. The van der Waals surface area contributed by atoms with Gasteiger partial charge < -0.3 is 18.9 Å². The summed E-state index contributed by atoms with van der Waals surface area (Å²) in [7, 11) is 0. The van der Waals surface area contributed by atoms with Crippen LogP contribution in [0.4, 0.5) is 34.1 Å². The number of nitrogens with zero attached hydrogens (tertiary/aromatic N) is 5. The smallest absolute Gasteiger partial charge is 0.252 e. The summed E-state index contributed by atoms with van der Waals surface area (Å²) in [5, 5.41) is 14.0. The highest BCUT2D eigenvalue weighted by Crippen LogP contribution is 2.51. The van der Waals surface area contributed by atoms with Gasteiger partial charge in [0.15, 0.2) is 0 Å². The second-order valence-corrected chi connectivity index (χ2v) is 24.7. The number of para-hydroxylation sites is 4. The Morgan fingerprint density at radius 1 is 0.368 bits per heavy atom. The predicted octanol–water partition coefficient (Wildman–Crippen LogP) is 19.4. The topological polar surface area (TPSA) is 40.1 Å². The molecule has 0 saturated heterocycles. The Labute approximate surface area is 527 Å². The first-order valence-electron chi connectivity index (χ1n) is 35.8. The van der Waals surface area contributed by atoms with E-state index in [-0.39, 0.29) is 44.9 Å². The van der Waals surface area contributed by atoms with Gasteiger partial charge in [0, 0.05) is 55.5 Å². The van der Waals surface area contributed by atoms with Crippen LogP contribution in [0.25, 0.3) is 88.4 Å². The van der Waals surface area contributed by atoms with Crippen LogP contribution in [0.5, 0.6) is 0 Å². The lowest BCUT2D eigenvalue weighted by Gasteiger charge is -2.45. The molecule has 0 fully saturated rings. The van der Waals surface area contributed by atoms with E-state index in [4.69, 9.17) is 9.60 Å². The van der Waals surface area contributed by atoms with Crippen molar-refractivity contribution < 1.29 is 17.8 Å². The molecule has 2 aliphatic heterocycles. The van der Waals surface area contributed by atoms with Crippen molar-refractivity contribution in [1.82, 2.24) is 9.13 Å². The van der Waals surface area contributed by atoms with E-state index in [2.05, 4.69) is 141 Å². The molecule has 0 N–H and O–H groups in total. The number of fused-ring (bicyclic) bond motifs is 10. The third-order valence-corrected chi connectivity index (χ3v) is 17.6. The number of hydrogen-bond acceptors (Lipinski definition) is 3. The fraction of sp³-hybridized carbons (Fsp3) is 0.0988. The molecular formula is C81H62BN5. The molecule has 2 aromatic heterocycles. The molecule has 414 valence electrons. The first-order valence-corrected chi connectivity index (χ1v) is 29.3. The lowest BCUT2D eigenvalue weighted by molar-refractivity contribution is 0.590. The van der Waals surface area contributed by atoms with E-state index in [1.54, 1.807) is 10.6 Å². The predicted molar refractivity (Wildman–Crippen MR) is 368 cm³/mol. The molecule has 5 nitrogen and oxygen atoms in total. The number of rotatable bonds is 7. The summed E-state index contributed by atoms with van der Waals surface area (Å²) in [6, 6.07) is 59.5. The van der Waals surface area contributed by atoms with Gasteiger partial charge in [0.05, 0.1) is 56.9 Å². The van der Waals surface area contributed by atoms with E-state index in [0.717, 1.165) is 77.4 Å². The van der Waals surface area contributed by atoms with Crippen LogP contribution in [0, 0.1) is 11.3 Å². The maximum Gasteiger partial charge on any atom is 0.252 e. The average molecular weight is 1130 g/mol. The van der Waals surface area contributed by atoms with Gasteiger partial charge in [-0.05, 0) is 145 Å². The summed E-state index contributed by atoms with van der Waals surface area (Å²) in [5.41, 5.74) is 14.6. The van der Waals surface area contributed by atoms with E-state index in [0.29, 0.717) is 45.3 Å². The van der Waals surface area contributed by atoms with Crippen LogP contribution in [-0.4, -0.2) is 15.8 Å². The zero-order valence-corrected chi connectivity index (χ0v) is 48.7. The van der Waals surface area contributed by atoms with Crippen molar-refractivity contribution in [3.05, 3.63) is 283 Å². The van der Waals surface area contributed by atoms with Gasteiger partial charge in [0.25, 0.3) is 6.71 Å². The minimum absolute atomic E-state index is 0.00719. The monoisotopic (exact) mass is 1130 g/mol. The van der Waals surface area contributed by atoms with Crippen molar-refractivity contribution in [2.75, 3.05) is 9.80 Å². The van der Waals surface area contributed by atoms with Crippen molar-refractivity contribution in [3.8, 4) is 50.8 Å². The quantitative estimate of drug-likeness (QED) is 0.149. The summed E-state index contributed by atoms with van der Waals surface area (Å²) in [5.74, 6) is 0. The minimum atomic E-state index is -0.681. The van der Waals surface area contributed by atoms with E-state index >= 15 is 0 Å². The van der Waals surface area contributed by atoms with Crippen LogP contribution in [0.3, 0.4) is 0 Å². The maximum atomic E-state index is 12.1. The van der Waals surface area contributed by atoms with Crippen molar-refractivity contribution in [2.45, 2.75) is 52.4 Å². The van der Waals surface area contributed by atoms with Crippen LogP contribution >= 0.6 is 0 Å². The Hall–Kier alpha value is -10.6. The van der Waals surface area contributed by atoms with Crippen molar-refractivity contribution >= 4 is 101 Å². The minimum Gasteiger partial charge on any atom is -0.311 e. The average Bonchev–Trinajstić information content (AvgIpc) is 1.31. The second kappa shape index (κ2) is 19.7. The van der Waals surface area contributed by atoms with Gasteiger partial charge in [-0.15, -0.1) is 0 Å². The maximum absolute atomic E-state index is 12.1. The Morgan fingerprint density at radius 3 is 1.55 bits per heavy atom. The van der Waals surface area contributed by atoms with Crippen LogP contribution in [0.15, 0.2) is 267 Å². The van der Waals surface area contributed by atoms with Crippen LogP contribution in [0.2, 0.25) is 0 Å². The molecule has 0 amide bonds. The van der Waals surface area contributed by atoms with Gasteiger partial charge in [-0.3, -0.25) is 0 Å². The van der Waals surface area contributed by atoms with Gasteiger partial charge in [-0.25, -0.2) is 0 Å². The second-order valence-electron chi connectivity index (χ2n) is 24.7. The largest absolute Gasteiger partial charge is 0.311 e. The Morgan fingerprint density at radius 2 is 0.908 bits per heavy atom. The van der Waals surface area contributed by atoms with Crippen LogP contribution < -0.4 is 26.2 Å². The molecule has 2 aliphatic rings. The summed E-state index contributed by atoms with van der Waals surface area (Å²) < 4.78 is 123. The molecule has 16 rings (SSSR count). The highest BCUT2D eigenvalue weighted by Gasteiger charge is 2.45. The molecule has 0 atom stereocenters. The normalized spacial score (nSPS) is 15.0. The van der Waals surface area contributed by atoms with Gasteiger partial charge >= 0.3 is 0 Å². The SMILES string of the molecule is [2H]c1c([2H])c([2H])c(-c2ccc3c(c2)N(c2cccc(-n4c5ccccc5c5ccccc54)c2C#N)c2cc(C(C)(C)C)cc4c2B3c2ccc(-n3c5c([2H])c([2H])c([2H])c([2H])c5c5c([2H])c([2H])c([2H])c([2H])c53)cc2N4c2ccc(-c3ccc(C(C)(C)C)cc3)cc2-c2ccccc2)c([2H])c1[2H]. The Bertz CT molecular complexity index is 5800. The molecule has 0 unspecified atom stereocenters. The zero-order valence-electron chi connectivity index (χ0n) is 61.7. The molecule has 4 heterocycles. The van der Waals surface area contributed by atoms with Gasteiger partial charge in [0.1, 0.15) is 11.6 Å². The number of hydrogen-bond donors (Lipinski definition) is 0. The molecule has 0 bridgehead atoms. The molecule has 0 radical (unpaired) electrons. The molecule has 6 heteroatoms. The molecule has 87 heavy (non-hydrogen) atoms. The highest BCUT2D eigenvalue weighted by molar-refractivity contribution is 7.00. The van der Waals surface area contributed by atoms with E-state index in [1.807, 2.05) is 103 Å². The van der Waals surface area contributed by atoms with Gasteiger partial charge in [0.2, 0.25) is 0 Å². The van der Waals surface area contributed by atoms with Crippen LogP contribution in [0.1, 0.15) is 76.1 Å². The van der Waals surface area contributed by atoms with E-state index < -0.39 is 78.6 Å². The molecule has 14 aromatic rings. The summed E-state index contributed by atoms with van der Waals surface area (Å²) in [4.78, 5) is 4.34. The third kappa shape index (κ3) is 8.21. The van der Waals surface area contributed by atoms with Gasteiger partial charge in [-0.2, -0.15) is 5.26 Å². The standard InChI is InChI=1S/C81H62BN5/c1-80(2,3)57-40-36-53(37-41-57)55-39-45-74(64(46-55)54-24-11-8-12-25-54)87-76-50-59(84-68-30-17-13-26-60(68)61-27-14-18-31-69(61)84)42-44-67(76)82-66-43-38-56(52-22-9-7-10-23-52)47-75(66)86(77-48-58(81(4,5)6)49-78(87)79(77)82)73-35-21-34-72(65(73)51-83)85-70-32-19-15-28-62(70)63-29-16-20-33-71(63)85/h7-50H,1-6H3/i7D,9D,10D,13D,14D,17D,18D,22D,23D,26D,27D,30D,31D. The summed E-state index contributed by atoms with van der Waals surface area (Å²) >= 11 is 0. The van der Waals surface area contributed by atoms with E-state index in [9.17, 15) is 13.5 Å².